The van der Waals surface area contributed by atoms with Crippen LogP contribution in [0.4, 0.5) is 0 Å². The quantitative estimate of drug-likeness (QED) is 0.628. The van der Waals surface area contributed by atoms with Gasteiger partial charge in [0.25, 0.3) is 0 Å². The second kappa shape index (κ2) is 3.80. The number of hydrogen-bond acceptors (Lipinski definition) is 1. The van der Waals surface area contributed by atoms with Crippen molar-refractivity contribution in [3.05, 3.63) is 21.4 Å². The Hall–Kier alpha value is -0.0100. The van der Waals surface area contributed by atoms with Gasteiger partial charge in [0.05, 0.1) is 5.38 Å². The molecule has 0 spiro atoms. The van der Waals surface area contributed by atoms with Crippen LogP contribution in [-0.2, 0) is 0 Å². The third-order valence-electron chi connectivity index (χ3n) is 1.92. The van der Waals surface area contributed by atoms with E-state index in [1.165, 1.54) is 15.3 Å². The molecule has 1 heterocycles. The first-order valence-electron chi connectivity index (χ1n) is 4.23. The summed E-state index contributed by atoms with van der Waals surface area (Å²) in [5.74, 6) is 0.517. The lowest BCUT2D eigenvalue weighted by Crippen LogP contribution is -1.97. The standard InChI is InChI=1S/C10H15ClS/c1-6(2)9(11)10-7(3)5-8(4)12-10/h5-6,9H,1-4H3. The molecular weight excluding hydrogens is 188 g/mol. The minimum Gasteiger partial charge on any atom is -0.144 e. The van der Waals surface area contributed by atoms with Gasteiger partial charge in [-0.15, -0.1) is 22.9 Å². The van der Waals surface area contributed by atoms with Gasteiger partial charge in [0.1, 0.15) is 0 Å². The molecule has 0 amide bonds. The van der Waals surface area contributed by atoms with Crippen LogP contribution in [0.15, 0.2) is 6.07 Å². The third kappa shape index (κ3) is 2.02. The monoisotopic (exact) mass is 202 g/mol. The SMILES string of the molecule is Cc1cc(C)c(C(Cl)C(C)C)s1. The fourth-order valence-corrected chi connectivity index (χ4v) is 2.73. The zero-order valence-corrected chi connectivity index (χ0v) is 9.59. The van der Waals surface area contributed by atoms with E-state index in [0.29, 0.717) is 5.92 Å². The molecule has 0 aliphatic carbocycles. The van der Waals surface area contributed by atoms with Gasteiger partial charge in [0, 0.05) is 9.75 Å². The van der Waals surface area contributed by atoms with Gasteiger partial charge in [-0.05, 0) is 31.4 Å². The number of aryl methyl sites for hydroxylation is 2. The molecule has 0 saturated heterocycles. The molecule has 0 N–H and O–H groups in total. The molecule has 1 aromatic heterocycles. The van der Waals surface area contributed by atoms with Gasteiger partial charge in [-0.2, -0.15) is 0 Å². The number of thiophene rings is 1. The van der Waals surface area contributed by atoms with Crippen molar-refractivity contribution in [2.24, 2.45) is 5.92 Å². The lowest BCUT2D eigenvalue weighted by Gasteiger charge is -2.12. The van der Waals surface area contributed by atoms with Gasteiger partial charge in [0.2, 0.25) is 0 Å². The molecule has 0 radical (unpaired) electrons. The number of rotatable bonds is 2. The smallest absolute Gasteiger partial charge is 0.0704 e. The lowest BCUT2D eigenvalue weighted by atomic mass is 10.1. The first kappa shape index (κ1) is 10.1. The highest BCUT2D eigenvalue weighted by molar-refractivity contribution is 7.12. The van der Waals surface area contributed by atoms with Crippen molar-refractivity contribution in [1.82, 2.24) is 0 Å². The zero-order chi connectivity index (χ0) is 9.30. The van der Waals surface area contributed by atoms with Gasteiger partial charge in [-0.1, -0.05) is 13.8 Å². The fraction of sp³-hybridized carbons (Fsp3) is 0.600. The highest BCUT2D eigenvalue weighted by atomic mass is 35.5. The summed E-state index contributed by atoms with van der Waals surface area (Å²) in [6.45, 7) is 8.58. The van der Waals surface area contributed by atoms with Gasteiger partial charge >= 0.3 is 0 Å². The first-order chi connectivity index (χ1) is 5.52. The molecule has 0 aliphatic heterocycles. The summed E-state index contributed by atoms with van der Waals surface area (Å²) in [5.41, 5.74) is 1.34. The maximum atomic E-state index is 6.27. The molecule has 1 rings (SSSR count). The lowest BCUT2D eigenvalue weighted by molar-refractivity contribution is 0.629. The van der Waals surface area contributed by atoms with E-state index >= 15 is 0 Å². The van der Waals surface area contributed by atoms with Crippen molar-refractivity contribution in [1.29, 1.82) is 0 Å². The molecule has 0 bridgehead atoms. The summed E-state index contributed by atoms with van der Waals surface area (Å²) in [7, 11) is 0. The molecule has 0 fully saturated rings. The Morgan fingerprint density at radius 3 is 2.25 bits per heavy atom. The van der Waals surface area contributed by atoms with Crippen LogP contribution >= 0.6 is 22.9 Å². The maximum absolute atomic E-state index is 6.27. The topological polar surface area (TPSA) is 0 Å². The summed E-state index contributed by atoms with van der Waals surface area (Å²) in [4.78, 5) is 2.69. The maximum Gasteiger partial charge on any atom is 0.0704 e. The largest absolute Gasteiger partial charge is 0.144 e. The summed E-state index contributed by atoms with van der Waals surface area (Å²) < 4.78 is 0. The Morgan fingerprint density at radius 1 is 1.33 bits per heavy atom. The second-order valence-corrected chi connectivity index (χ2v) is 5.31. The highest BCUT2D eigenvalue weighted by Crippen LogP contribution is 2.36. The molecule has 0 nitrogen and oxygen atoms in total. The Labute approximate surface area is 83.6 Å². The molecule has 1 unspecified atom stereocenters. The first-order valence-corrected chi connectivity index (χ1v) is 5.48. The van der Waals surface area contributed by atoms with Gasteiger partial charge in [0.15, 0.2) is 0 Å². The third-order valence-corrected chi connectivity index (χ3v) is 4.00. The van der Waals surface area contributed by atoms with E-state index in [4.69, 9.17) is 11.6 Å². The Morgan fingerprint density at radius 2 is 1.92 bits per heavy atom. The summed E-state index contributed by atoms with van der Waals surface area (Å²) in [5, 5.41) is 0.184. The van der Waals surface area contributed by atoms with E-state index in [1.54, 1.807) is 0 Å². The molecule has 12 heavy (non-hydrogen) atoms. The van der Waals surface area contributed by atoms with E-state index in [1.807, 2.05) is 11.3 Å². The average Bonchev–Trinajstić information content (AvgIpc) is 2.28. The Kier molecular flexibility index (Phi) is 3.19. The van der Waals surface area contributed by atoms with Gasteiger partial charge < -0.3 is 0 Å². The number of hydrogen-bond donors (Lipinski definition) is 0. The highest BCUT2D eigenvalue weighted by Gasteiger charge is 2.16. The summed E-state index contributed by atoms with van der Waals surface area (Å²) >= 11 is 8.09. The predicted octanol–water partition coefficient (Wildman–Crippen LogP) is 4.30. The van der Waals surface area contributed by atoms with Crippen LogP contribution < -0.4 is 0 Å². The van der Waals surface area contributed by atoms with Crippen molar-refractivity contribution >= 4 is 22.9 Å². The second-order valence-electron chi connectivity index (χ2n) is 3.55. The van der Waals surface area contributed by atoms with E-state index in [9.17, 15) is 0 Å². The van der Waals surface area contributed by atoms with Crippen LogP contribution in [0.1, 0.15) is 34.5 Å². The molecule has 68 valence electrons. The van der Waals surface area contributed by atoms with Crippen LogP contribution in [-0.4, -0.2) is 0 Å². The van der Waals surface area contributed by atoms with E-state index in [-0.39, 0.29) is 5.38 Å². The van der Waals surface area contributed by atoms with E-state index in [2.05, 4.69) is 33.8 Å². The van der Waals surface area contributed by atoms with Crippen molar-refractivity contribution in [3.63, 3.8) is 0 Å². The molecule has 0 aromatic carbocycles. The number of alkyl halides is 1. The molecular formula is C10H15ClS. The molecule has 2 heteroatoms. The van der Waals surface area contributed by atoms with Crippen LogP contribution in [0.2, 0.25) is 0 Å². The summed E-state index contributed by atoms with van der Waals surface area (Å²) in [6.07, 6.45) is 0. The van der Waals surface area contributed by atoms with Crippen LogP contribution in [0.25, 0.3) is 0 Å². The minimum absolute atomic E-state index is 0.184. The Balaban J connectivity index is 2.94. The molecule has 0 aliphatic rings. The normalized spacial score (nSPS) is 13.8. The van der Waals surface area contributed by atoms with Crippen molar-refractivity contribution < 1.29 is 0 Å². The average molecular weight is 203 g/mol. The van der Waals surface area contributed by atoms with Gasteiger partial charge in [-0.25, -0.2) is 0 Å². The van der Waals surface area contributed by atoms with E-state index < -0.39 is 0 Å². The minimum atomic E-state index is 0.184. The van der Waals surface area contributed by atoms with Gasteiger partial charge in [-0.3, -0.25) is 0 Å². The van der Waals surface area contributed by atoms with E-state index in [0.717, 1.165) is 0 Å². The van der Waals surface area contributed by atoms with Crippen molar-refractivity contribution in [2.75, 3.05) is 0 Å². The summed E-state index contributed by atoms with van der Waals surface area (Å²) in [6, 6.07) is 2.21. The molecule has 0 saturated carbocycles. The van der Waals surface area contributed by atoms with Crippen LogP contribution in [0.3, 0.4) is 0 Å². The Bertz CT molecular complexity index is 263. The predicted molar refractivity (Wildman–Crippen MR) is 57.2 cm³/mol. The zero-order valence-electron chi connectivity index (χ0n) is 8.02. The van der Waals surface area contributed by atoms with Crippen molar-refractivity contribution in [2.45, 2.75) is 33.1 Å². The molecule has 1 aromatic rings. The van der Waals surface area contributed by atoms with Crippen LogP contribution in [0.5, 0.6) is 0 Å². The van der Waals surface area contributed by atoms with Crippen molar-refractivity contribution in [3.8, 4) is 0 Å². The number of halogens is 1. The van der Waals surface area contributed by atoms with Crippen LogP contribution in [0, 0.1) is 19.8 Å². The fourth-order valence-electron chi connectivity index (χ4n) is 1.24. The molecule has 1 atom stereocenters.